The van der Waals surface area contributed by atoms with Gasteiger partial charge in [-0.3, -0.25) is 9.80 Å². The number of hydrogen-bond donors (Lipinski definition) is 0. The zero-order valence-corrected chi connectivity index (χ0v) is 22.9. The van der Waals surface area contributed by atoms with Crippen LogP contribution in [0.15, 0.2) is 36.4 Å². The number of nitrogens with zero attached hydrogens (tertiary/aromatic N) is 4. The fourth-order valence-corrected chi connectivity index (χ4v) is 5.39. The van der Waals surface area contributed by atoms with Gasteiger partial charge in [-0.15, -0.1) is 0 Å². The molecule has 0 atom stereocenters. The molecular formula is C27H35Cl2F3N4O. The van der Waals surface area contributed by atoms with E-state index in [-0.39, 0.29) is 12.4 Å². The summed E-state index contributed by atoms with van der Waals surface area (Å²) < 4.78 is 47.2. The molecule has 0 saturated carbocycles. The first-order valence-electron chi connectivity index (χ1n) is 12.9. The van der Waals surface area contributed by atoms with Gasteiger partial charge in [0, 0.05) is 70.6 Å². The van der Waals surface area contributed by atoms with Crippen LogP contribution >= 0.6 is 23.2 Å². The molecule has 0 radical (unpaired) electrons. The first kappa shape index (κ1) is 28.1. The van der Waals surface area contributed by atoms with E-state index in [1.165, 1.54) is 12.1 Å². The average molecular weight is 560 g/mol. The lowest BCUT2D eigenvalue weighted by atomic mass is 10.1. The van der Waals surface area contributed by atoms with Gasteiger partial charge in [-0.2, -0.15) is 13.2 Å². The summed E-state index contributed by atoms with van der Waals surface area (Å²) in [6, 6.07) is 10.5. The van der Waals surface area contributed by atoms with Gasteiger partial charge < -0.3 is 14.5 Å². The molecule has 0 spiro atoms. The molecule has 5 nitrogen and oxygen atoms in total. The van der Waals surface area contributed by atoms with Gasteiger partial charge >= 0.3 is 6.18 Å². The van der Waals surface area contributed by atoms with Crippen molar-refractivity contribution in [3.05, 3.63) is 52.0 Å². The number of benzene rings is 2. The van der Waals surface area contributed by atoms with E-state index >= 15 is 0 Å². The van der Waals surface area contributed by atoms with Gasteiger partial charge in [0.15, 0.2) is 0 Å². The van der Waals surface area contributed by atoms with Gasteiger partial charge in [-0.25, -0.2) is 0 Å². The van der Waals surface area contributed by atoms with E-state index in [0.29, 0.717) is 41.3 Å². The smallest absolute Gasteiger partial charge is 0.420 e. The van der Waals surface area contributed by atoms with E-state index < -0.39 is 11.7 Å². The average Bonchev–Trinajstić information content (AvgIpc) is 2.88. The third-order valence-electron chi connectivity index (χ3n) is 7.20. The second kappa shape index (κ2) is 12.3. The van der Waals surface area contributed by atoms with E-state index in [9.17, 15) is 13.2 Å². The summed E-state index contributed by atoms with van der Waals surface area (Å²) in [5.74, 6) is -0.0996. The highest BCUT2D eigenvalue weighted by Crippen LogP contribution is 2.39. The van der Waals surface area contributed by atoms with Crippen molar-refractivity contribution in [2.75, 3.05) is 75.3 Å². The Morgan fingerprint density at radius 3 is 2.22 bits per heavy atom. The molecule has 204 valence electrons. The summed E-state index contributed by atoms with van der Waals surface area (Å²) >= 11 is 12.5. The van der Waals surface area contributed by atoms with E-state index in [1.54, 1.807) is 12.1 Å². The minimum atomic E-state index is -4.47. The summed E-state index contributed by atoms with van der Waals surface area (Å²) in [7, 11) is 0. The van der Waals surface area contributed by atoms with Crippen molar-refractivity contribution in [2.45, 2.75) is 32.5 Å². The number of halogens is 5. The Kier molecular flexibility index (Phi) is 9.38. The Balaban J connectivity index is 1.27. The molecular weight excluding hydrogens is 524 g/mol. The lowest BCUT2D eigenvalue weighted by molar-refractivity contribution is -0.138. The fourth-order valence-electron chi connectivity index (χ4n) is 4.98. The second-order valence-corrected chi connectivity index (χ2v) is 10.7. The van der Waals surface area contributed by atoms with Crippen LogP contribution in [0.2, 0.25) is 10.0 Å². The zero-order valence-electron chi connectivity index (χ0n) is 21.4. The molecule has 0 aromatic heterocycles. The maximum Gasteiger partial charge on any atom is 0.420 e. The highest BCUT2D eigenvalue weighted by atomic mass is 35.5. The minimum absolute atomic E-state index is 0.0996. The Labute approximate surface area is 227 Å². The predicted octanol–water partition coefficient (Wildman–Crippen LogP) is 6.13. The Morgan fingerprint density at radius 2 is 1.57 bits per heavy atom. The second-order valence-electron chi connectivity index (χ2n) is 9.90. The topological polar surface area (TPSA) is 22.2 Å². The van der Waals surface area contributed by atoms with Crippen LogP contribution in [0.3, 0.4) is 0 Å². The summed E-state index contributed by atoms with van der Waals surface area (Å²) in [5, 5.41) is 1.11. The molecule has 4 rings (SSSR count). The van der Waals surface area contributed by atoms with Crippen LogP contribution in [0.25, 0.3) is 0 Å². The number of ether oxygens (including phenoxy) is 1. The van der Waals surface area contributed by atoms with Crippen molar-refractivity contribution < 1.29 is 17.9 Å². The first-order valence-corrected chi connectivity index (χ1v) is 13.6. The number of piperazine rings is 2. The standard InChI is InChI=1S/C27H35Cl2F3N4O/c1-20(2)34-14-16-35(17-15-34)21-7-8-25(22(19-21)27(30,31)32)37-18-4-9-33-10-12-36(13-11-33)24-6-3-5-23(28)26(24)29/h3,5-8,19-20H,4,9-18H2,1-2H3. The maximum atomic E-state index is 13.9. The molecule has 2 heterocycles. The molecule has 0 amide bonds. The van der Waals surface area contributed by atoms with Gasteiger partial charge in [-0.1, -0.05) is 29.3 Å². The van der Waals surface area contributed by atoms with Gasteiger partial charge in [0.25, 0.3) is 0 Å². The minimum Gasteiger partial charge on any atom is -0.493 e. The summed E-state index contributed by atoms with van der Waals surface area (Å²) in [5.41, 5.74) is 0.825. The monoisotopic (exact) mass is 558 g/mol. The maximum absolute atomic E-state index is 13.9. The van der Waals surface area contributed by atoms with E-state index in [2.05, 4.69) is 28.5 Å². The number of anilines is 2. The molecule has 0 bridgehead atoms. The SMILES string of the molecule is CC(C)N1CCN(c2ccc(OCCCN3CCN(c4cccc(Cl)c4Cl)CC3)c(C(F)(F)F)c2)CC1. The van der Waals surface area contributed by atoms with Gasteiger partial charge in [0.05, 0.1) is 27.9 Å². The van der Waals surface area contributed by atoms with Crippen molar-refractivity contribution in [3.63, 3.8) is 0 Å². The Hall–Kier alpha value is -1.87. The highest BCUT2D eigenvalue weighted by Gasteiger charge is 2.35. The third kappa shape index (κ3) is 7.16. The van der Waals surface area contributed by atoms with Crippen LogP contribution < -0.4 is 14.5 Å². The van der Waals surface area contributed by atoms with E-state index in [1.807, 2.05) is 17.0 Å². The van der Waals surface area contributed by atoms with Crippen molar-refractivity contribution in [1.82, 2.24) is 9.80 Å². The quantitative estimate of drug-likeness (QED) is 0.362. The van der Waals surface area contributed by atoms with Gasteiger partial charge in [-0.05, 0) is 50.6 Å². The lowest BCUT2D eigenvalue weighted by Gasteiger charge is -2.38. The molecule has 0 N–H and O–H groups in total. The molecule has 2 aromatic rings. The molecule has 2 fully saturated rings. The van der Waals surface area contributed by atoms with Crippen molar-refractivity contribution >= 4 is 34.6 Å². The van der Waals surface area contributed by atoms with Gasteiger partial charge in [0.1, 0.15) is 5.75 Å². The molecule has 2 aromatic carbocycles. The lowest BCUT2D eigenvalue weighted by Crippen LogP contribution is -2.48. The van der Waals surface area contributed by atoms with Crippen LogP contribution in [0.5, 0.6) is 5.75 Å². The summed E-state index contributed by atoms with van der Waals surface area (Å²) in [6.45, 7) is 11.7. The normalized spacial score (nSPS) is 18.1. The largest absolute Gasteiger partial charge is 0.493 e. The summed E-state index contributed by atoms with van der Waals surface area (Å²) in [6.07, 6.45) is -3.82. The Morgan fingerprint density at radius 1 is 0.892 bits per heavy atom. The highest BCUT2D eigenvalue weighted by molar-refractivity contribution is 6.43. The zero-order chi connectivity index (χ0) is 26.6. The molecule has 10 heteroatoms. The van der Waals surface area contributed by atoms with Crippen LogP contribution in [-0.4, -0.2) is 81.4 Å². The summed E-state index contributed by atoms with van der Waals surface area (Å²) in [4.78, 5) is 8.86. The van der Waals surface area contributed by atoms with Crippen LogP contribution in [0.4, 0.5) is 24.5 Å². The molecule has 37 heavy (non-hydrogen) atoms. The number of hydrogen-bond acceptors (Lipinski definition) is 5. The number of alkyl halides is 3. The first-order chi connectivity index (χ1) is 17.6. The van der Waals surface area contributed by atoms with Crippen molar-refractivity contribution in [2.24, 2.45) is 0 Å². The van der Waals surface area contributed by atoms with Crippen molar-refractivity contribution in [3.8, 4) is 5.75 Å². The van der Waals surface area contributed by atoms with Crippen LogP contribution in [0.1, 0.15) is 25.8 Å². The molecule has 2 aliphatic rings. The predicted molar refractivity (Wildman–Crippen MR) is 146 cm³/mol. The fraction of sp³-hybridized carbons (Fsp3) is 0.556. The molecule has 2 aliphatic heterocycles. The van der Waals surface area contributed by atoms with E-state index in [0.717, 1.165) is 51.5 Å². The number of rotatable bonds is 8. The Bertz CT molecular complexity index is 1040. The van der Waals surface area contributed by atoms with Crippen LogP contribution in [-0.2, 0) is 6.18 Å². The van der Waals surface area contributed by atoms with Crippen molar-refractivity contribution in [1.29, 1.82) is 0 Å². The molecule has 0 unspecified atom stereocenters. The molecule has 2 saturated heterocycles. The van der Waals surface area contributed by atoms with Crippen LogP contribution in [0, 0.1) is 0 Å². The molecule has 0 aliphatic carbocycles. The third-order valence-corrected chi connectivity index (χ3v) is 8.01. The van der Waals surface area contributed by atoms with E-state index in [4.69, 9.17) is 27.9 Å². The van der Waals surface area contributed by atoms with Gasteiger partial charge in [0.2, 0.25) is 0 Å².